The van der Waals surface area contributed by atoms with Crippen molar-refractivity contribution in [1.82, 2.24) is 10.6 Å². The molecule has 0 spiro atoms. The van der Waals surface area contributed by atoms with Crippen LogP contribution < -0.4 is 10.6 Å². The van der Waals surface area contributed by atoms with Crippen molar-refractivity contribution in [2.45, 2.75) is 59.0 Å². The van der Waals surface area contributed by atoms with Crippen molar-refractivity contribution >= 4 is 6.09 Å². The second-order valence-electron chi connectivity index (χ2n) is 7.33. The fourth-order valence-corrected chi connectivity index (χ4v) is 2.14. The third-order valence-corrected chi connectivity index (χ3v) is 3.45. The van der Waals surface area contributed by atoms with Crippen LogP contribution in [0.4, 0.5) is 18.0 Å². The van der Waals surface area contributed by atoms with Gasteiger partial charge in [-0.25, -0.2) is 4.79 Å². The van der Waals surface area contributed by atoms with Crippen molar-refractivity contribution in [1.29, 1.82) is 0 Å². The number of hydrogen-bond donors (Lipinski definition) is 2. The largest absolute Gasteiger partial charge is 0.444 e. The number of halogens is 3. The summed E-state index contributed by atoms with van der Waals surface area (Å²) in [5.74, 6) is 0.140. The summed E-state index contributed by atoms with van der Waals surface area (Å²) < 4.78 is 43.4. The number of carbonyl (C=O) groups is 1. The van der Waals surface area contributed by atoms with Crippen molar-refractivity contribution in [3.8, 4) is 0 Å². The molecule has 0 saturated heterocycles. The summed E-state index contributed by atoms with van der Waals surface area (Å²) in [5, 5.41) is 5.88. The highest BCUT2D eigenvalue weighted by Gasteiger charge is 2.30. The topological polar surface area (TPSA) is 50.4 Å². The van der Waals surface area contributed by atoms with E-state index in [9.17, 15) is 18.0 Å². The summed E-state index contributed by atoms with van der Waals surface area (Å²) in [4.78, 5) is 11.9. The van der Waals surface area contributed by atoms with E-state index in [2.05, 4.69) is 10.6 Å². The van der Waals surface area contributed by atoms with Gasteiger partial charge in [0.25, 0.3) is 0 Å². The number of ether oxygens (including phenoxy) is 1. The Kier molecular flexibility index (Phi) is 7.29. The summed E-state index contributed by atoms with van der Waals surface area (Å²) in [7, 11) is 0. The molecule has 0 fully saturated rings. The third-order valence-electron chi connectivity index (χ3n) is 3.45. The first-order chi connectivity index (χ1) is 11.4. The lowest BCUT2D eigenvalue weighted by Crippen LogP contribution is -2.46. The predicted octanol–water partition coefficient (Wildman–Crippen LogP) is 4.34. The van der Waals surface area contributed by atoms with Crippen LogP contribution >= 0.6 is 0 Å². The lowest BCUT2D eigenvalue weighted by atomic mass is 10.0. The summed E-state index contributed by atoms with van der Waals surface area (Å²) in [6.07, 6.45) is -4.86. The van der Waals surface area contributed by atoms with E-state index in [0.29, 0.717) is 12.1 Å². The number of rotatable bonds is 6. The molecular weight excluding hydrogens is 333 g/mol. The summed E-state index contributed by atoms with van der Waals surface area (Å²) >= 11 is 0. The fraction of sp³-hybridized carbons (Fsp3) is 0.611. The Morgan fingerprint density at radius 1 is 1.20 bits per heavy atom. The maximum absolute atomic E-state index is 12.7. The number of carbonyl (C=O) groups excluding carboxylic acids is 1. The smallest absolute Gasteiger partial charge is 0.416 e. The molecule has 1 rings (SSSR count). The van der Waals surface area contributed by atoms with Gasteiger partial charge in [-0.3, -0.25) is 0 Å². The minimum atomic E-state index is -4.35. The number of alkyl carbamates (subject to hydrolysis) is 1. The minimum absolute atomic E-state index is 0.140. The van der Waals surface area contributed by atoms with E-state index in [1.807, 2.05) is 13.8 Å². The molecule has 1 amide bonds. The van der Waals surface area contributed by atoms with Gasteiger partial charge in [0.15, 0.2) is 0 Å². The first kappa shape index (κ1) is 21.3. The van der Waals surface area contributed by atoms with Gasteiger partial charge in [-0.15, -0.1) is 0 Å². The van der Waals surface area contributed by atoms with Gasteiger partial charge in [0.1, 0.15) is 5.60 Å². The van der Waals surface area contributed by atoms with Gasteiger partial charge in [0.2, 0.25) is 0 Å². The van der Waals surface area contributed by atoms with Gasteiger partial charge in [-0.1, -0.05) is 32.0 Å². The Morgan fingerprint density at radius 2 is 1.84 bits per heavy atom. The van der Waals surface area contributed by atoms with Crippen LogP contribution in [-0.2, 0) is 17.5 Å². The van der Waals surface area contributed by atoms with E-state index >= 15 is 0 Å². The Labute approximate surface area is 147 Å². The molecule has 4 nitrogen and oxygen atoms in total. The van der Waals surface area contributed by atoms with Crippen molar-refractivity contribution in [3.05, 3.63) is 35.4 Å². The van der Waals surface area contributed by atoms with Gasteiger partial charge in [0.05, 0.1) is 5.56 Å². The number of hydrogen-bond acceptors (Lipinski definition) is 3. The molecule has 0 aliphatic carbocycles. The third kappa shape index (κ3) is 8.25. The maximum Gasteiger partial charge on any atom is 0.416 e. The molecule has 7 heteroatoms. The normalized spacial score (nSPS) is 13.6. The van der Waals surface area contributed by atoms with E-state index in [1.54, 1.807) is 26.8 Å². The summed E-state index contributed by atoms with van der Waals surface area (Å²) in [5.41, 5.74) is -0.717. The van der Waals surface area contributed by atoms with Crippen molar-refractivity contribution < 1.29 is 22.7 Å². The standard InChI is InChI=1S/C18H27F3N2O2/c1-12(2)15(23-16(24)25-17(3,4)5)11-22-10-13-7-6-8-14(9-13)18(19,20)21/h6-9,12,15,22H,10-11H2,1-5H3,(H,23,24). The molecule has 0 aliphatic rings. The van der Waals surface area contributed by atoms with E-state index < -0.39 is 23.4 Å². The van der Waals surface area contributed by atoms with Crippen LogP contribution in [-0.4, -0.2) is 24.3 Å². The summed E-state index contributed by atoms with van der Waals surface area (Å²) in [6.45, 7) is 9.95. The van der Waals surface area contributed by atoms with Crippen LogP contribution in [0.1, 0.15) is 45.7 Å². The van der Waals surface area contributed by atoms with Crippen LogP contribution in [0.15, 0.2) is 24.3 Å². The van der Waals surface area contributed by atoms with Crippen molar-refractivity contribution in [3.63, 3.8) is 0 Å². The van der Waals surface area contributed by atoms with Gasteiger partial charge < -0.3 is 15.4 Å². The highest BCUT2D eigenvalue weighted by atomic mass is 19.4. The Morgan fingerprint density at radius 3 is 2.36 bits per heavy atom. The molecule has 0 aromatic heterocycles. The van der Waals surface area contributed by atoms with Crippen LogP contribution in [0, 0.1) is 5.92 Å². The van der Waals surface area contributed by atoms with Crippen LogP contribution in [0.3, 0.4) is 0 Å². The zero-order chi connectivity index (χ0) is 19.3. The van der Waals surface area contributed by atoms with Gasteiger partial charge in [-0.05, 0) is 38.3 Å². The molecule has 1 aromatic carbocycles. The average Bonchev–Trinajstić information content (AvgIpc) is 2.43. The first-order valence-electron chi connectivity index (χ1n) is 8.25. The molecule has 1 unspecified atom stereocenters. The molecule has 0 aliphatic heterocycles. The maximum atomic E-state index is 12.7. The molecule has 0 bridgehead atoms. The molecule has 1 atom stereocenters. The number of benzene rings is 1. The average molecular weight is 360 g/mol. The Bertz CT molecular complexity index is 566. The SMILES string of the molecule is CC(C)C(CNCc1cccc(C(F)(F)F)c1)NC(=O)OC(C)(C)C. The van der Waals surface area contributed by atoms with Crippen LogP contribution in [0.25, 0.3) is 0 Å². The fourth-order valence-electron chi connectivity index (χ4n) is 2.14. The molecule has 0 radical (unpaired) electrons. The number of amides is 1. The van der Waals surface area contributed by atoms with E-state index in [-0.39, 0.29) is 18.5 Å². The summed E-state index contributed by atoms with van der Waals surface area (Å²) in [6, 6.07) is 5.00. The number of nitrogens with one attached hydrogen (secondary N) is 2. The molecular formula is C18H27F3N2O2. The van der Waals surface area contributed by atoms with Crippen LogP contribution in [0.5, 0.6) is 0 Å². The Balaban J connectivity index is 2.57. The minimum Gasteiger partial charge on any atom is -0.444 e. The first-order valence-corrected chi connectivity index (χ1v) is 8.25. The zero-order valence-corrected chi connectivity index (χ0v) is 15.3. The van der Waals surface area contributed by atoms with Crippen molar-refractivity contribution in [2.24, 2.45) is 5.92 Å². The van der Waals surface area contributed by atoms with Gasteiger partial charge >= 0.3 is 12.3 Å². The van der Waals surface area contributed by atoms with E-state index in [1.165, 1.54) is 6.07 Å². The predicted molar refractivity (Wildman–Crippen MR) is 91.1 cm³/mol. The monoisotopic (exact) mass is 360 g/mol. The lowest BCUT2D eigenvalue weighted by Gasteiger charge is -2.26. The molecule has 0 heterocycles. The molecule has 0 saturated carbocycles. The van der Waals surface area contributed by atoms with Crippen LogP contribution in [0.2, 0.25) is 0 Å². The highest BCUT2D eigenvalue weighted by molar-refractivity contribution is 5.68. The highest BCUT2D eigenvalue weighted by Crippen LogP contribution is 2.29. The lowest BCUT2D eigenvalue weighted by molar-refractivity contribution is -0.137. The molecule has 1 aromatic rings. The van der Waals surface area contributed by atoms with Crippen molar-refractivity contribution in [2.75, 3.05) is 6.54 Å². The number of alkyl halides is 3. The van der Waals surface area contributed by atoms with Gasteiger partial charge in [0, 0.05) is 19.1 Å². The van der Waals surface area contributed by atoms with E-state index in [4.69, 9.17) is 4.74 Å². The van der Waals surface area contributed by atoms with Gasteiger partial charge in [-0.2, -0.15) is 13.2 Å². The molecule has 2 N–H and O–H groups in total. The zero-order valence-electron chi connectivity index (χ0n) is 15.3. The van der Waals surface area contributed by atoms with E-state index in [0.717, 1.165) is 12.1 Å². The second kappa shape index (κ2) is 8.56. The molecule has 25 heavy (non-hydrogen) atoms. The second-order valence-corrected chi connectivity index (χ2v) is 7.33. The quantitative estimate of drug-likeness (QED) is 0.793. The molecule has 142 valence electrons. The Hall–Kier alpha value is -1.76.